The molecular formula is C52H27BBr2F24OS. The summed E-state index contributed by atoms with van der Waals surface area (Å²) in [5, 5.41) is 0. The first kappa shape index (κ1) is 64.1. The van der Waals surface area contributed by atoms with Crippen molar-refractivity contribution in [2.75, 3.05) is 5.75 Å². The van der Waals surface area contributed by atoms with Crippen molar-refractivity contribution in [1.29, 1.82) is 0 Å². The van der Waals surface area contributed by atoms with E-state index in [9.17, 15) is 110 Å². The molecule has 7 aromatic carbocycles. The first-order valence-electron chi connectivity index (χ1n) is 22.1. The smallest absolute Gasteiger partial charge is 0.289 e. The van der Waals surface area contributed by atoms with Crippen LogP contribution in [0, 0.1) is 0 Å². The lowest BCUT2D eigenvalue weighted by atomic mass is 9.12. The maximum absolute atomic E-state index is 14.2. The maximum Gasteiger partial charge on any atom is 0.416 e. The van der Waals surface area contributed by atoms with Gasteiger partial charge in [-0.3, -0.25) is 4.79 Å². The molecule has 0 saturated heterocycles. The van der Waals surface area contributed by atoms with Crippen LogP contribution >= 0.6 is 31.9 Å². The number of carbonyl (C=O) groups is 1. The average molecular weight is 1330 g/mol. The van der Waals surface area contributed by atoms with E-state index in [2.05, 4.69) is 56.1 Å². The molecule has 7 aromatic rings. The van der Waals surface area contributed by atoms with Crippen LogP contribution < -0.4 is 21.9 Å². The molecule has 0 aliphatic rings. The average Bonchev–Trinajstić information content (AvgIpc) is 3.34. The monoisotopic (exact) mass is 1320 g/mol. The Bertz CT molecular complexity index is 2890. The SMILES string of the molecule is FC(F)(F)c1cc([B-](c2cc(C(F)(F)F)cc(C(F)(F)F)c2)(c2cc(C(F)(F)F)cc(C(F)(F)F)c2)c2cc(C(F)(F)F)cc(C(F)(F)F)c2)cc(C(F)(F)F)c1.O=C(C[S+](c1ccc(Br)cc1)c1ccc(Br)cc1)c1ccccc1. The Hall–Kier alpha value is -6.10. The van der Waals surface area contributed by atoms with E-state index in [0.717, 1.165) is 14.5 Å². The van der Waals surface area contributed by atoms with Crippen molar-refractivity contribution in [3.8, 4) is 0 Å². The first-order valence-corrected chi connectivity index (χ1v) is 25.0. The number of rotatable bonds is 9. The van der Waals surface area contributed by atoms with Crippen molar-refractivity contribution in [2.24, 2.45) is 0 Å². The van der Waals surface area contributed by atoms with Crippen molar-refractivity contribution < 1.29 is 110 Å². The Balaban J connectivity index is 0.000000363. The normalized spacial score (nSPS) is 13.3. The van der Waals surface area contributed by atoms with E-state index in [1.54, 1.807) is 0 Å². The summed E-state index contributed by atoms with van der Waals surface area (Å²) in [6.07, 6.45) is -54.8. The van der Waals surface area contributed by atoms with Crippen LogP contribution in [0.15, 0.2) is 170 Å². The molecule has 0 aromatic heterocycles. The summed E-state index contributed by atoms with van der Waals surface area (Å²) in [6, 6.07) is 17.2. The third-order valence-electron chi connectivity index (χ3n) is 12.0. The third kappa shape index (κ3) is 15.3. The molecule has 7 rings (SSSR count). The van der Waals surface area contributed by atoms with E-state index in [0.29, 0.717) is 5.75 Å². The highest BCUT2D eigenvalue weighted by Gasteiger charge is 2.47. The van der Waals surface area contributed by atoms with Gasteiger partial charge in [0.2, 0.25) is 5.78 Å². The summed E-state index contributed by atoms with van der Waals surface area (Å²) < 4.78 is 343. The molecule has 0 aliphatic carbocycles. The Labute approximate surface area is 460 Å². The van der Waals surface area contributed by atoms with Gasteiger partial charge in [0.25, 0.3) is 0 Å². The van der Waals surface area contributed by atoms with Gasteiger partial charge in [-0.2, -0.15) is 127 Å². The molecule has 0 spiro atoms. The van der Waals surface area contributed by atoms with Gasteiger partial charge >= 0.3 is 49.4 Å². The second kappa shape index (κ2) is 22.9. The lowest BCUT2D eigenvalue weighted by Crippen LogP contribution is -2.75. The summed E-state index contributed by atoms with van der Waals surface area (Å²) in [5.41, 5.74) is -29.4. The van der Waals surface area contributed by atoms with Crippen LogP contribution in [-0.2, 0) is 60.3 Å². The highest BCUT2D eigenvalue weighted by atomic mass is 79.9. The minimum Gasteiger partial charge on any atom is -0.289 e. The quantitative estimate of drug-likeness (QED) is 0.0609. The molecule has 432 valence electrons. The van der Waals surface area contributed by atoms with Crippen LogP contribution in [0.2, 0.25) is 0 Å². The van der Waals surface area contributed by atoms with Crippen LogP contribution in [0.5, 0.6) is 0 Å². The predicted molar refractivity (Wildman–Crippen MR) is 258 cm³/mol. The van der Waals surface area contributed by atoms with E-state index in [1.165, 1.54) is 9.79 Å². The van der Waals surface area contributed by atoms with Crippen LogP contribution in [0.25, 0.3) is 0 Å². The molecule has 0 atom stereocenters. The van der Waals surface area contributed by atoms with Crippen LogP contribution in [0.3, 0.4) is 0 Å². The Morgan fingerprint density at radius 3 is 0.728 bits per heavy atom. The molecule has 0 amide bonds. The van der Waals surface area contributed by atoms with E-state index in [-0.39, 0.29) is 16.7 Å². The number of Topliss-reactive ketones (excluding diaryl/α,β-unsaturated/α-hetero) is 1. The zero-order chi connectivity index (χ0) is 60.9. The lowest BCUT2D eigenvalue weighted by Gasteiger charge is -2.46. The number of benzene rings is 7. The summed E-state index contributed by atoms with van der Waals surface area (Å²) in [6.45, 7) is 0. The molecule has 0 aliphatic heterocycles. The van der Waals surface area contributed by atoms with Crippen LogP contribution in [0.4, 0.5) is 105 Å². The van der Waals surface area contributed by atoms with Gasteiger partial charge in [-0.25, -0.2) is 0 Å². The Kier molecular flexibility index (Phi) is 18.1. The van der Waals surface area contributed by atoms with Crippen LogP contribution in [0.1, 0.15) is 54.9 Å². The Morgan fingerprint density at radius 2 is 0.531 bits per heavy atom. The fraction of sp³-hybridized carbons (Fsp3) is 0.173. The minimum absolute atomic E-state index is 0.171. The van der Waals surface area contributed by atoms with Crippen molar-refractivity contribution in [3.63, 3.8) is 0 Å². The van der Waals surface area contributed by atoms with Crippen molar-refractivity contribution in [2.45, 2.75) is 59.2 Å². The zero-order valence-electron chi connectivity index (χ0n) is 39.4. The Morgan fingerprint density at radius 1 is 0.321 bits per heavy atom. The highest BCUT2D eigenvalue weighted by molar-refractivity contribution is 9.10. The maximum atomic E-state index is 14.2. The first-order chi connectivity index (χ1) is 36.9. The zero-order valence-corrected chi connectivity index (χ0v) is 43.4. The molecule has 0 bridgehead atoms. The molecule has 0 unspecified atom stereocenters. The van der Waals surface area contributed by atoms with Crippen molar-refractivity contribution in [3.05, 3.63) is 211 Å². The van der Waals surface area contributed by atoms with Gasteiger partial charge in [0.15, 0.2) is 15.5 Å². The fourth-order valence-electron chi connectivity index (χ4n) is 8.41. The van der Waals surface area contributed by atoms with Gasteiger partial charge in [0, 0.05) is 14.5 Å². The molecule has 29 heteroatoms. The second-order valence-electron chi connectivity index (χ2n) is 17.5. The van der Waals surface area contributed by atoms with Crippen molar-refractivity contribution in [1.82, 2.24) is 0 Å². The van der Waals surface area contributed by atoms with Crippen LogP contribution in [-0.4, -0.2) is 17.7 Å². The minimum atomic E-state index is -6.13. The number of carbonyl (C=O) groups excluding carboxylic acids is 1. The molecule has 1 nitrogen and oxygen atoms in total. The van der Waals surface area contributed by atoms with Gasteiger partial charge < -0.3 is 0 Å². The second-order valence-corrected chi connectivity index (χ2v) is 21.3. The van der Waals surface area contributed by atoms with E-state index in [1.807, 2.05) is 54.6 Å². The summed E-state index contributed by atoms with van der Waals surface area (Å²) in [4.78, 5) is 15.1. The molecule has 81 heavy (non-hydrogen) atoms. The standard InChI is InChI=1S/C32H12BF24.C20H15Br2OS/c34-25(35,36)13-1-14(26(37,38)39)6-21(5-13)33(22-7-15(27(40,41)42)2-16(8-22)28(43,44)45,23-9-17(29(46,47)48)3-18(10-23)30(49,50)51)24-11-19(31(52,53)54)4-20(12-24)32(55,56)57;21-16-6-10-18(11-7-16)24(19-12-8-17(22)9-13-19)14-20(23)15-4-2-1-3-5-15/h1-12H;1-13H,14H2/q-1;+1. The van der Waals surface area contributed by atoms with E-state index < -0.39 is 195 Å². The molecule has 0 N–H and O–H groups in total. The predicted octanol–water partition coefficient (Wildman–Crippen LogP) is 17.3. The van der Waals surface area contributed by atoms with Gasteiger partial charge in [0.05, 0.1) is 55.4 Å². The van der Waals surface area contributed by atoms with Crippen molar-refractivity contribution >= 4 is 76.5 Å². The number of hydrogen-bond acceptors (Lipinski definition) is 1. The van der Waals surface area contributed by atoms with Gasteiger partial charge in [-0.15, -0.1) is 0 Å². The topological polar surface area (TPSA) is 17.1 Å². The lowest BCUT2D eigenvalue weighted by molar-refractivity contribution is -0.144. The van der Waals surface area contributed by atoms with Gasteiger partial charge in [0.1, 0.15) is 6.15 Å². The summed E-state index contributed by atoms with van der Waals surface area (Å²) >= 11 is 6.96. The molecule has 0 radical (unpaired) electrons. The third-order valence-corrected chi connectivity index (χ3v) is 15.3. The number of ketones is 1. The largest absolute Gasteiger partial charge is 0.416 e. The van der Waals surface area contributed by atoms with E-state index in [4.69, 9.17) is 0 Å². The number of hydrogen-bond donors (Lipinski definition) is 0. The fourth-order valence-corrected chi connectivity index (χ4v) is 10.9. The number of halogens is 26. The van der Waals surface area contributed by atoms with Gasteiger partial charge in [-0.1, -0.05) is 111 Å². The van der Waals surface area contributed by atoms with E-state index >= 15 is 0 Å². The molecule has 0 heterocycles. The summed E-state index contributed by atoms with van der Waals surface area (Å²) in [5.74, 6) is 0.651. The summed E-state index contributed by atoms with van der Waals surface area (Å²) in [7, 11) is -0.290. The highest BCUT2D eigenvalue weighted by Crippen LogP contribution is 2.42. The number of alkyl halides is 24. The molecule has 0 fully saturated rings. The molecule has 0 saturated carbocycles. The van der Waals surface area contributed by atoms with Gasteiger partial charge in [-0.05, 0) is 72.8 Å². The molecular weight excluding hydrogens is 1300 g/mol.